The van der Waals surface area contributed by atoms with Crippen molar-refractivity contribution >= 4 is 17.1 Å². The normalized spacial score (nSPS) is 17.2. The largest absolute Gasteiger partial charge is 0.293 e. The van der Waals surface area contributed by atoms with Gasteiger partial charge in [-0.05, 0) is 26.2 Å². The third-order valence-electron chi connectivity index (χ3n) is 2.12. The van der Waals surface area contributed by atoms with Crippen molar-refractivity contribution in [3.63, 3.8) is 0 Å². The van der Waals surface area contributed by atoms with E-state index in [4.69, 9.17) is 0 Å². The number of fused-ring (bicyclic) bond motifs is 1. The van der Waals surface area contributed by atoms with Gasteiger partial charge in [0.2, 0.25) is 0 Å². The van der Waals surface area contributed by atoms with Crippen LogP contribution in [0.15, 0.2) is 0 Å². The second kappa shape index (κ2) is 2.98. The first kappa shape index (κ1) is 7.92. The van der Waals surface area contributed by atoms with Crippen LogP contribution in [0.25, 0.3) is 0 Å². The molecule has 0 atom stereocenters. The maximum atomic E-state index is 11.5. The Morgan fingerprint density at radius 1 is 1.33 bits per heavy atom. The van der Waals surface area contributed by atoms with Gasteiger partial charge in [-0.25, -0.2) is 4.98 Å². The molecule has 64 valence electrons. The van der Waals surface area contributed by atoms with Gasteiger partial charge in [-0.2, -0.15) is 0 Å². The predicted molar refractivity (Wildman–Crippen MR) is 48.7 cm³/mol. The van der Waals surface area contributed by atoms with Gasteiger partial charge in [0.05, 0.1) is 15.6 Å². The van der Waals surface area contributed by atoms with Crippen LogP contribution in [0.4, 0.5) is 0 Å². The lowest BCUT2D eigenvalue weighted by atomic mass is 10.2. The predicted octanol–water partition coefficient (Wildman–Crippen LogP) is 2.36. The average Bonchev–Trinajstić information content (AvgIpc) is 2.33. The molecule has 1 heterocycles. The van der Waals surface area contributed by atoms with Crippen molar-refractivity contribution in [2.45, 2.75) is 32.6 Å². The van der Waals surface area contributed by atoms with Gasteiger partial charge in [-0.3, -0.25) is 4.79 Å². The molecule has 12 heavy (non-hydrogen) atoms. The van der Waals surface area contributed by atoms with Crippen molar-refractivity contribution in [1.82, 2.24) is 4.98 Å². The molecular weight excluding hydrogens is 170 g/mol. The molecule has 1 aliphatic rings. The zero-order valence-corrected chi connectivity index (χ0v) is 7.91. The van der Waals surface area contributed by atoms with Crippen molar-refractivity contribution in [2.24, 2.45) is 0 Å². The van der Waals surface area contributed by atoms with E-state index in [-0.39, 0.29) is 0 Å². The van der Waals surface area contributed by atoms with Crippen LogP contribution in [0, 0.1) is 6.92 Å². The van der Waals surface area contributed by atoms with Crippen LogP contribution < -0.4 is 0 Å². The minimum Gasteiger partial charge on any atom is -0.293 e. The molecule has 0 N–H and O–H groups in total. The highest BCUT2D eigenvalue weighted by atomic mass is 32.1. The van der Waals surface area contributed by atoms with E-state index in [9.17, 15) is 4.79 Å². The number of nitrogens with zero attached hydrogens (tertiary/aromatic N) is 1. The third kappa shape index (κ3) is 1.29. The summed E-state index contributed by atoms with van der Waals surface area (Å²) in [5.41, 5.74) is 1.04. The quantitative estimate of drug-likeness (QED) is 0.575. The standard InChI is InChI=1S/C9H11NOS/c1-6-10-7-4-2-3-5-8(11)9(7)12-6/h2-5H2,1H3. The van der Waals surface area contributed by atoms with E-state index in [1.54, 1.807) is 11.3 Å². The Labute approximate surface area is 75.6 Å². The van der Waals surface area contributed by atoms with Gasteiger partial charge in [0.25, 0.3) is 0 Å². The lowest BCUT2D eigenvalue weighted by Crippen LogP contribution is -1.95. The number of aryl methyl sites for hydroxylation is 2. The molecule has 0 radical (unpaired) electrons. The van der Waals surface area contributed by atoms with E-state index in [0.717, 1.165) is 34.8 Å². The fourth-order valence-electron chi connectivity index (χ4n) is 1.55. The van der Waals surface area contributed by atoms with E-state index >= 15 is 0 Å². The van der Waals surface area contributed by atoms with Crippen molar-refractivity contribution in [2.75, 3.05) is 0 Å². The van der Waals surface area contributed by atoms with Crippen LogP contribution in [0.5, 0.6) is 0 Å². The number of hydrogen-bond donors (Lipinski definition) is 0. The third-order valence-corrected chi connectivity index (χ3v) is 3.18. The number of carbonyl (C=O) groups is 1. The zero-order valence-electron chi connectivity index (χ0n) is 7.09. The van der Waals surface area contributed by atoms with Crippen LogP contribution in [0.3, 0.4) is 0 Å². The maximum Gasteiger partial charge on any atom is 0.174 e. The zero-order chi connectivity index (χ0) is 8.55. The monoisotopic (exact) mass is 181 g/mol. The first-order valence-corrected chi connectivity index (χ1v) is 5.08. The fraction of sp³-hybridized carbons (Fsp3) is 0.556. The SMILES string of the molecule is Cc1nc2c(s1)C(=O)CCCC2. The Balaban J connectivity index is 2.44. The van der Waals surface area contributed by atoms with E-state index in [1.165, 1.54) is 0 Å². The van der Waals surface area contributed by atoms with Crippen LogP contribution >= 0.6 is 11.3 Å². The summed E-state index contributed by atoms with van der Waals surface area (Å²) in [6.45, 7) is 1.96. The molecular formula is C9H11NOS. The summed E-state index contributed by atoms with van der Waals surface area (Å²) in [6, 6.07) is 0. The number of rotatable bonds is 0. The summed E-state index contributed by atoms with van der Waals surface area (Å²) in [4.78, 5) is 16.8. The molecule has 1 aliphatic carbocycles. The average molecular weight is 181 g/mol. The number of aromatic nitrogens is 1. The first-order chi connectivity index (χ1) is 5.77. The van der Waals surface area contributed by atoms with Gasteiger partial charge in [-0.15, -0.1) is 11.3 Å². The Kier molecular flexibility index (Phi) is 1.97. The van der Waals surface area contributed by atoms with Crippen molar-refractivity contribution < 1.29 is 4.79 Å². The van der Waals surface area contributed by atoms with E-state index in [1.807, 2.05) is 6.92 Å². The fourth-order valence-corrected chi connectivity index (χ4v) is 2.48. The maximum absolute atomic E-state index is 11.5. The minimum absolute atomic E-state index is 0.299. The van der Waals surface area contributed by atoms with Crippen LogP contribution in [0.2, 0.25) is 0 Å². The highest BCUT2D eigenvalue weighted by Crippen LogP contribution is 2.25. The molecule has 1 aromatic rings. The molecule has 0 bridgehead atoms. The van der Waals surface area contributed by atoms with Gasteiger partial charge >= 0.3 is 0 Å². The van der Waals surface area contributed by atoms with Gasteiger partial charge in [0.1, 0.15) is 0 Å². The Hall–Kier alpha value is -0.700. The van der Waals surface area contributed by atoms with E-state index < -0.39 is 0 Å². The number of thiazole rings is 1. The van der Waals surface area contributed by atoms with Gasteiger partial charge < -0.3 is 0 Å². The summed E-state index contributed by atoms with van der Waals surface area (Å²) in [6.07, 6.45) is 3.85. The number of Topliss-reactive ketones (excluding diaryl/α,β-unsaturated/α-hetero) is 1. The smallest absolute Gasteiger partial charge is 0.174 e. The highest BCUT2D eigenvalue weighted by molar-refractivity contribution is 7.13. The summed E-state index contributed by atoms with van der Waals surface area (Å²) >= 11 is 1.55. The molecule has 0 amide bonds. The summed E-state index contributed by atoms with van der Waals surface area (Å²) < 4.78 is 0. The molecule has 3 heteroatoms. The van der Waals surface area contributed by atoms with Gasteiger partial charge in [-0.1, -0.05) is 0 Å². The van der Waals surface area contributed by atoms with Gasteiger partial charge in [0.15, 0.2) is 5.78 Å². The topological polar surface area (TPSA) is 30.0 Å². The van der Waals surface area contributed by atoms with Crippen LogP contribution in [-0.2, 0) is 6.42 Å². The Bertz CT molecular complexity index is 316. The molecule has 0 aliphatic heterocycles. The van der Waals surface area contributed by atoms with Crippen LogP contribution in [0.1, 0.15) is 39.6 Å². The molecule has 2 nitrogen and oxygen atoms in total. The Morgan fingerprint density at radius 2 is 2.08 bits per heavy atom. The molecule has 2 rings (SSSR count). The lowest BCUT2D eigenvalue weighted by Gasteiger charge is -1.90. The first-order valence-electron chi connectivity index (χ1n) is 4.27. The molecule has 0 aromatic carbocycles. The molecule has 0 saturated carbocycles. The van der Waals surface area contributed by atoms with Gasteiger partial charge in [0, 0.05) is 6.42 Å². The van der Waals surface area contributed by atoms with Crippen molar-refractivity contribution in [1.29, 1.82) is 0 Å². The van der Waals surface area contributed by atoms with Crippen LogP contribution in [-0.4, -0.2) is 10.8 Å². The van der Waals surface area contributed by atoms with Crippen molar-refractivity contribution in [3.05, 3.63) is 15.6 Å². The van der Waals surface area contributed by atoms with Crippen molar-refractivity contribution in [3.8, 4) is 0 Å². The summed E-state index contributed by atoms with van der Waals surface area (Å²) in [5.74, 6) is 0.299. The Morgan fingerprint density at radius 3 is 2.92 bits per heavy atom. The summed E-state index contributed by atoms with van der Waals surface area (Å²) in [7, 11) is 0. The van der Waals surface area contributed by atoms with E-state index in [0.29, 0.717) is 12.2 Å². The number of hydrogen-bond acceptors (Lipinski definition) is 3. The summed E-state index contributed by atoms with van der Waals surface area (Å²) in [5, 5.41) is 1.02. The lowest BCUT2D eigenvalue weighted by molar-refractivity contribution is 0.0985. The molecule has 0 saturated heterocycles. The molecule has 0 unspecified atom stereocenters. The highest BCUT2D eigenvalue weighted by Gasteiger charge is 2.18. The second-order valence-corrected chi connectivity index (χ2v) is 4.34. The molecule has 0 fully saturated rings. The van der Waals surface area contributed by atoms with E-state index in [2.05, 4.69) is 4.98 Å². The molecule has 1 aromatic heterocycles. The number of carbonyl (C=O) groups excluding carboxylic acids is 1. The molecule has 0 spiro atoms. The second-order valence-electron chi connectivity index (χ2n) is 3.14. The number of ketones is 1. The minimum atomic E-state index is 0.299.